The van der Waals surface area contributed by atoms with Crippen molar-refractivity contribution in [3.8, 4) is 0 Å². The monoisotopic (exact) mass is 306 g/mol. The normalized spacial score (nSPS) is 13.1. The molecule has 1 aliphatic carbocycles. The molecule has 4 rings (SSSR count). The number of benzene rings is 2. The molecule has 0 fully saturated rings. The average molecular weight is 306 g/mol. The van der Waals surface area contributed by atoms with Gasteiger partial charge in [-0.05, 0) is 29.3 Å². The summed E-state index contributed by atoms with van der Waals surface area (Å²) in [6, 6.07) is 8.87. The summed E-state index contributed by atoms with van der Waals surface area (Å²) in [7, 11) is 0. The zero-order chi connectivity index (χ0) is 16.3. The van der Waals surface area contributed by atoms with Crippen LogP contribution in [0.3, 0.4) is 0 Å². The molecule has 0 spiro atoms. The van der Waals surface area contributed by atoms with Crippen LogP contribution in [0, 0.1) is 6.92 Å². The predicted octanol–water partition coefficient (Wildman–Crippen LogP) is 3.21. The third-order valence-electron chi connectivity index (χ3n) is 4.21. The minimum Gasteiger partial charge on any atom is -0.478 e. The first-order valence-electron chi connectivity index (χ1n) is 6.97. The average Bonchev–Trinajstić information content (AvgIpc) is 2.97. The first kappa shape index (κ1) is 13.5. The van der Waals surface area contributed by atoms with E-state index in [-0.39, 0.29) is 28.0 Å². The first-order valence-corrected chi connectivity index (χ1v) is 6.97. The Morgan fingerprint density at radius 2 is 1.78 bits per heavy atom. The second-order valence-electron chi connectivity index (χ2n) is 5.48. The molecular formula is C18H10O5. The number of hydrogen-bond acceptors (Lipinski definition) is 4. The van der Waals surface area contributed by atoms with Crippen molar-refractivity contribution in [3.05, 3.63) is 70.2 Å². The van der Waals surface area contributed by atoms with Crippen LogP contribution in [0.5, 0.6) is 0 Å². The summed E-state index contributed by atoms with van der Waals surface area (Å²) >= 11 is 0. The van der Waals surface area contributed by atoms with Crippen molar-refractivity contribution >= 4 is 28.3 Å². The Morgan fingerprint density at radius 1 is 1.00 bits per heavy atom. The Balaban J connectivity index is 2.09. The van der Waals surface area contributed by atoms with Gasteiger partial charge in [0.1, 0.15) is 11.8 Å². The van der Waals surface area contributed by atoms with Crippen molar-refractivity contribution in [2.75, 3.05) is 0 Å². The summed E-state index contributed by atoms with van der Waals surface area (Å²) < 4.78 is 5.12. The van der Waals surface area contributed by atoms with E-state index in [2.05, 4.69) is 0 Å². The number of ketones is 2. The Morgan fingerprint density at radius 3 is 2.52 bits per heavy atom. The van der Waals surface area contributed by atoms with Gasteiger partial charge in [0.25, 0.3) is 0 Å². The molecule has 0 unspecified atom stereocenters. The van der Waals surface area contributed by atoms with E-state index < -0.39 is 17.5 Å². The lowest BCUT2D eigenvalue weighted by atomic mass is 9.83. The quantitative estimate of drug-likeness (QED) is 0.583. The maximum Gasteiger partial charge on any atom is 0.339 e. The molecule has 2 aromatic carbocycles. The van der Waals surface area contributed by atoms with Gasteiger partial charge in [0, 0.05) is 11.1 Å². The van der Waals surface area contributed by atoms with Crippen molar-refractivity contribution < 1.29 is 23.9 Å². The number of furan rings is 1. The van der Waals surface area contributed by atoms with Gasteiger partial charge in [-0.2, -0.15) is 0 Å². The summed E-state index contributed by atoms with van der Waals surface area (Å²) in [6.45, 7) is 1.92. The fraction of sp³-hybridized carbons (Fsp3) is 0.0556. The van der Waals surface area contributed by atoms with E-state index in [0.717, 1.165) is 17.2 Å². The van der Waals surface area contributed by atoms with Crippen LogP contribution in [0.25, 0.3) is 10.8 Å². The number of carboxylic acids is 1. The van der Waals surface area contributed by atoms with Crippen molar-refractivity contribution in [3.63, 3.8) is 0 Å². The third-order valence-corrected chi connectivity index (χ3v) is 4.21. The van der Waals surface area contributed by atoms with Gasteiger partial charge < -0.3 is 9.52 Å². The molecule has 1 aliphatic rings. The predicted molar refractivity (Wildman–Crippen MR) is 81.2 cm³/mol. The summed E-state index contributed by atoms with van der Waals surface area (Å²) in [5, 5.41) is 10.7. The minimum atomic E-state index is -1.30. The molecule has 5 heteroatoms. The van der Waals surface area contributed by atoms with E-state index in [0.29, 0.717) is 5.39 Å². The molecule has 23 heavy (non-hydrogen) atoms. The molecule has 1 aromatic heterocycles. The van der Waals surface area contributed by atoms with Crippen LogP contribution in [-0.2, 0) is 0 Å². The van der Waals surface area contributed by atoms with Crippen molar-refractivity contribution in [1.82, 2.24) is 0 Å². The highest BCUT2D eigenvalue weighted by atomic mass is 16.4. The highest BCUT2D eigenvalue weighted by molar-refractivity contribution is 6.33. The molecule has 5 nitrogen and oxygen atoms in total. The standard InChI is InChI=1S/C18H10O5/c1-8-3-2-4-10-9(8)5-6-11-13(10)16(20)17-14(15(11)19)12(7-23-17)18(21)22/h2-7H,1H3,(H,21,22). The lowest BCUT2D eigenvalue weighted by molar-refractivity contribution is 0.0692. The summed E-state index contributed by atoms with van der Waals surface area (Å²) in [4.78, 5) is 36.7. The molecule has 0 saturated carbocycles. The van der Waals surface area contributed by atoms with Gasteiger partial charge in [-0.25, -0.2) is 4.79 Å². The molecule has 0 radical (unpaired) electrons. The number of aromatic carboxylic acids is 1. The van der Waals surface area contributed by atoms with Crippen LogP contribution in [0.2, 0.25) is 0 Å². The number of aryl methyl sites for hydroxylation is 1. The SMILES string of the molecule is Cc1cccc2c3c(ccc12)C(=O)c1c(C(=O)O)coc1C3=O. The number of carbonyl (C=O) groups is 3. The van der Waals surface area contributed by atoms with Crippen molar-refractivity contribution in [1.29, 1.82) is 0 Å². The molecule has 0 saturated heterocycles. The van der Waals surface area contributed by atoms with Gasteiger partial charge in [0.05, 0.1) is 5.56 Å². The summed E-state index contributed by atoms with van der Waals surface area (Å²) in [6.07, 6.45) is 0.947. The van der Waals surface area contributed by atoms with Crippen LogP contribution in [0.15, 0.2) is 41.0 Å². The van der Waals surface area contributed by atoms with E-state index >= 15 is 0 Å². The van der Waals surface area contributed by atoms with Crippen LogP contribution < -0.4 is 0 Å². The van der Waals surface area contributed by atoms with E-state index in [1.807, 2.05) is 19.1 Å². The van der Waals surface area contributed by atoms with Crippen LogP contribution in [-0.4, -0.2) is 22.6 Å². The topological polar surface area (TPSA) is 84.6 Å². The fourth-order valence-electron chi connectivity index (χ4n) is 3.10. The van der Waals surface area contributed by atoms with E-state index in [9.17, 15) is 14.4 Å². The van der Waals surface area contributed by atoms with Gasteiger partial charge >= 0.3 is 5.97 Å². The number of rotatable bonds is 1. The second-order valence-corrected chi connectivity index (χ2v) is 5.48. The largest absolute Gasteiger partial charge is 0.478 e. The lowest BCUT2D eigenvalue weighted by Gasteiger charge is -2.16. The summed E-state index contributed by atoms with van der Waals surface area (Å²) in [5.74, 6) is -2.45. The van der Waals surface area contributed by atoms with Crippen LogP contribution >= 0.6 is 0 Å². The van der Waals surface area contributed by atoms with Crippen LogP contribution in [0.4, 0.5) is 0 Å². The highest BCUT2D eigenvalue weighted by Crippen LogP contribution is 2.35. The number of carbonyl (C=O) groups excluding carboxylic acids is 2. The molecule has 0 atom stereocenters. The molecule has 3 aromatic rings. The molecule has 0 bridgehead atoms. The lowest BCUT2D eigenvalue weighted by Crippen LogP contribution is -2.21. The molecule has 1 heterocycles. The zero-order valence-electron chi connectivity index (χ0n) is 12.0. The van der Waals surface area contributed by atoms with Gasteiger partial charge in [-0.1, -0.05) is 24.3 Å². The smallest absolute Gasteiger partial charge is 0.339 e. The van der Waals surface area contributed by atoms with Crippen LogP contribution in [0.1, 0.15) is 48.0 Å². The number of carboxylic acid groups (broad SMARTS) is 1. The van der Waals surface area contributed by atoms with Gasteiger partial charge in [-0.15, -0.1) is 0 Å². The van der Waals surface area contributed by atoms with E-state index in [4.69, 9.17) is 9.52 Å². The molecule has 0 amide bonds. The van der Waals surface area contributed by atoms with Crippen molar-refractivity contribution in [2.45, 2.75) is 6.92 Å². The highest BCUT2D eigenvalue weighted by Gasteiger charge is 2.37. The van der Waals surface area contributed by atoms with Gasteiger partial charge in [0.2, 0.25) is 5.78 Å². The zero-order valence-corrected chi connectivity index (χ0v) is 12.0. The van der Waals surface area contributed by atoms with Gasteiger partial charge in [0.15, 0.2) is 11.5 Å². The first-order chi connectivity index (χ1) is 11.0. The van der Waals surface area contributed by atoms with Gasteiger partial charge in [-0.3, -0.25) is 9.59 Å². The molecule has 1 N–H and O–H groups in total. The second kappa shape index (κ2) is 4.39. The Bertz CT molecular complexity index is 1040. The number of fused-ring (bicyclic) bond motifs is 4. The van der Waals surface area contributed by atoms with Crippen molar-refractivity contribution in [2.24, 2.45) is 0 Å². The molecule has 0 aliphatic heterocycles. The van der Waals surface area contributed by atoms with E-state index in [1.54, 1.807) is 18.2 Å². The maximum atomic E-state index is 12.8. The molecule has 112 valence electrons. The number of hydrogen-bond donors (Lipinski definition) is 1. The minimum absolute atomic E-state index is 0.165. The Labute approximate surface area is 130 Å². The molecular weight excluding hydrogens is 296 g/mol. The third kappa shape index (κ3) is 1.64. The fourth-order valence-corrected chi connectivity index (χ4v) is 3.10. The Kier molecular flexibility index (Phi) is 2.57. The summed E-state index contributed by atoms with van der Waals surface area (Å²) in [5.41, 5.74) is 1.02. The Hall–Kier alpha value is -3.21. The van der Waals surface area contributed by atoms with E-state index in [1.165, 1.54) is 0 Å². The maximum absolute atomic E-state index is 12.8.